The van der Waals surface area contributed by atoms with Crippen molar-refractivity contribution >= 4 is 23.6 Å². The van der Waals surface area contributed by atoms with Gasteiger partial charge in [0.2, 0.25) is 5.91 Å². The lowest BCUT2D eigenvalue weighted by molar-refractivity contribution is -0.129. The number of rotatable bonds is 6. The van der Waals surface area contributed by atoms with Crippen LogP contribution in [0.25, 0.3) is 0 Å². The number of urea groups is 1. The predicted octanol–water partition coefficient (Wildman–Crippen LogP) is 1.02. The van der Waals surface area contributed by atoms with Crippen molar-refractivity contribution in [1.82, 2.24) is 15.5 Å². The molecule has 0 bridgehead atoms. The summed E-state index contributed by atoms with van der Waals surface area (Å²) in [6.07, 6.45) is 0.225. The van der Waals surface area contributed by atoms with Crippen LogP contribution in [0.4, 0.5) is 9.18 Å². The number of benzene rings is 1. The Morgan fingerprint density at radius 2 is 1.96 bits per heavy atom. The van der Waals surface area contributed by atoms with Crippen molar-refractivity contribution in [3.05, 3.63) is 35.1 Å². The van der Waals surface area contributed by atoms with Crippen molar-refractivity contribution in [1.29, 1.82) is 0 Å². The Balaban J connectivity index is 2.10. The largest absolute Gasteiger partial charge is 0.356 e. The van der Waals surface area contributed by atoms with Gasteiger partial charge in [-0.05, 0) is 44.0 Å². The van der Waals surface area contributed by atoms with Gasteiger partial charge in [0, 0.05) is 19.0 Å². The van der Waals surface area contributed by atoms with E-state index >= 15 is 0 Å². The molecule has 0 spiro atoms. The maximum absolute atomic E-state index is 13.8. The van der Waals surface area contributed by atoms with Crippen LogP contribution in [0, 0.1) is 5.82 Å². The molecular formula is C17H20FN3O4. The molecular weight excluding hydrogens is 329 g/mol. The van der Waals surface area contributed by atoms with Crippen LogP contribution < -0.4 is 10.6 Å². The van der Waals surface area contributed by atoms with Gasteiger partial charge in [0.25, 0.3) is 5.91 Å². The number of carbonyl (C=O) groups is 4. The second-order valence-electron chi connectivity index (χ2n) is 6.41. The van der Waals surface area contributed by atoms with E-state index in [0.717, 1.165) is 11.0 Å². The maximum atomic E-state index is 13.8. The van der Waals surface area contributed by atoms with Gasteiger partial charge >= 0.3 is 6.03 Å². The minimum atomic E-state index is -1.05. The SMILES string of the molecule is CC(=O)NCCc1cc(C(=O)CN2C(=O)NC(C)(C)C2=O)ccc1F. The van der Waals surface area contributed by atoms with Gasteiger partial charge in [0.1, 0.15) is 11.4 Å². The zero-order valence-electron chi connectivity index (χ0n) is 14.3. The molecule has 2 N–H and O–H groups in total. The van der Waals surface area contributed by atoms with Gasteiger partial charge in [-0.15, -0.1) is 0 Å². The van der Waals surface area contributed by atoms with E-state index in [0.29, 0.717) is 0 Å². The normalized spacial score (nSPS) is 15.9. The predicted molar refractivity (Wildman–Crippen MR) is 87.4 cm³/mol. The summed E-state index contributed by atoms with van der Waals surface area (Å²) in [5.74, 6) is -1.67. The minimum absolute atomic E-state index is 0.199. The Bertz CT molecular complexity index is 745. The standard InChI is InChI=1S/C17H20FN3O4/c1-10(22)19-7-6-11-8-12(4-5-13(11)18)14(23)9-21-15(24)17(2,3)20-16(21)25/h4-5,8H,6-7,9H2,1-3H3,(H,19,22)(H,20,25). The summed E-state index contributed by atoms with van der Waals surface area (Å²) < 4.78 is 13.8. The fourth-order valence-corrected chi connectivity index (χ4v) is 2.51. The number of carbonyl (C=O) groups excluding carboxylic acids is 4. The van der Waals surface area contributed by atoms with Crippen LogP contribution in [0.15, 0.2) is 18.2 Å². The van der Waals surface area contributed by atoms with Crippen LogP contribution in [0.5, 0.6) is 0 Å². The van der Waals surface area contributed by atoms with E-state index in [4.69, 9.17) is 0 Å². The molecule has 1 aliphatic heterocycles. The van der Waals surface area contributed by atoms with Crippen molar-refractivity contribution in [2.24, 2.45) is 0 Å². The van der Waals surface area contributed by atoms with Gasteiger partial charge in [0.15, 0.2) is 5.78 Å². The summed E-state index contributed by atoms with van der Waals surface area (Å²) in [7, 11) is 0. The molecule has 8 heteroatoms. The molecule has 1 saturated heterocycles. The third kappa shape index (κ3) is 4.20. The van der Waals surface area contributed by atoms with Gasteiger partial charge in [-0.1, -0.05) is 0 Å². The van der Waals surface area contributed by atoms with Gasteiger partial charge in [-0.25, -0.2) is 9.18 Å². The van der Waals surface area contributed by atoms with Gasteiger partial charge in [0.05, 0.1) is 6.54 Å². The van der Waals surface area contributed by atoms with Crippen LogP contribution in [-0.2, 0) is 16.0 Å². The molecule has 2 rings (SSSR count). The fourth-order valence-electron chi connectivity index (χ4n) is 2.51. The van der Waals surface area contributed by atoms with Crippen molar-refractivity contribution < 1.29 is 23.6 Å². The molecule has 0 aromatic heterocycles. The van der Waals surface area contributed by atoms with E-state index < -0.39 is 35.6 Å². The Hall–Kier alpha value is -2.77. The number of nitrogens with zero attached hydrogens (tertiary/aromatic N) is 1. The quantitative estimate of drug-likeness (QED) is 0.592. The summed E-state index contributed by atoms with van der Waals surface area (Å²) in [6.45, 7) is 4.29. The third-order valence-electron chi connectivity index (χ3n) is 3.88. The monoisotopic (exact) mass is 349 g/mol. The lowest BCUT2D eigenvalue weighted by atomic mass is 10.0. The van der Waals surface area contributed by atoms with Gasteiger partial charge in [-0.2, -0.15) is 0 Å². The molecule has 0 atom stereocenters. The Morgan fingerprint density at radius 1 is 1.28 bits per heavy atom. The average molecular weight is 349 g/mol. The molecule has 1 fully saturated rings. The summed E-state index contributed by atoms with van der Waals surface area (Å²) in [5, 5.41) is 5.05. The highest BCUT2D eigenvalue weighted by molar-refractivity contribution is 6.10. The highest BCUT2D eigenvalue weighted by Crippen LogP contribution is 2.18. The average Bonchev–Trinajstić information content (AvgIpc) is 2.70. The molecule has 25 heavy (non-hydrogen) atoms. The third-order valence-corrected chi connectivity index (χ3v) is 3.88. The van der Waals surface area contributed by atoms with Crippen LogP contribution in [0.1, 0.15) is 36.7 Å². The van der Waals surface area contributed by atoms with Crippen molar-refractivity contribution in [3.63, 3.8) is 0 Å². The number of imide groups is 1. The van der Waals surface area contributed by atoms with Crippen molar-refractivity contribution in [3.8, 4) is 0 Å². The number of hydrogen-bond donors (Lipinski definition) is 2. The zero-order chi connectivity index (χ0) is 18.8. The van der Waals surface area contributed by atoms with E-state index in [9.17, 15) is 23.6 Å². The lowest BCUT2D eigenvalue weighted by Gasteiger charge is -2.15. The summed E-state index contributed by atoms with van der Waals surface area (Å²) in [4.78, 5) is 48.1. The van der Waals surface area contributed by atoms with Crippen LogP contribution in [0.3, 0.4) is 0 Å². The highest BCUT2D eigenvalue weighted by Gasteiger charge is 2.44. The molecule has 0 saturated carbocycles. The first kappa shape index (κ1) is 18.6. The zero-order valence-corrected chi connectivity index (χ0v) is 14.3. The van der Waals surface area contributed by atoms with E-state index in [2.05, 4.69) is 10.6 Å². The second-order valence-corrected chi connectivity index (χ2v) is 6.41. The molecule has 1 aromatic rings. The molecule has 7 nitrogen and oxygen atoms in total. The molecule has 0 radical (unpaired) electrons. The van der Waals surface area contributed by atoms with Crippen LogP contribution in [-0.4, -0.2) is 47.2 Å². The van der Waals surface area contributed by atoms with Crippen molar-refractivity contribution in [2.45, 2.75) is 32.7 Å². The lowest BCUT2D eigenvalue weighted by Crippen LogP contribution is -2.41. The molecule has 1 aromatic carbocycles. The Morgan fingerprint density at radius 3 is 2.52 bits per heavy atom. The van der Waals surface area contributed by atoms with E-state index in [1.165, 1.54) is 19.1 Å². The van der Waals surface area contributed by atoms with Crippen molar-refractivity contribution in [2.75, 3.05) is 13.1 Å². The fraction of sp³-hybridized carbons (Fsp3) is 0.412. The van der Waals surface area contributed by atoms with E-state index in [1.807, 2.05) is 0 Å². The summed E-state index contributed by atoms with van der Waals surface area (Å²) in [5.41, 5.74) is -0.578. The summed E-state index contributed by atoms with van der Waals surface area (Å²) >= 11 is 0. The number of halogens is 1. The van der Waals surface area contributed by atoms with Gasteiger partial charge < -0.3 is 10.6 Å². The Kier molecular flexibility index (Phi) is 5.20. The maximum Gasteiger partial charge on any atom is 0.325 e. The number of nitrogens with one attached hydrogen (secondary N) is 2. The molecule has 4 amide bonds. The number of amides is 4. The summed E-state index contributed by atoms with van der Waals surface area (Å²) in [6, 6.07) is 3.22. The molecule has 134 valence electrons. The number of ketones is 1. The first-order valence-corrected chi connectivity index (χ1v) is 7.82. The Labute approximate surface area is 144 Å². The molecule has 1 heterocycles. The topological polar surface area (TPSA) is 95.6 Å². The first-order chi connectivity index (χ1) is 11.6. The molecule has 0 aliphatic carbocycles. The highest BCUT2D eigenvalue weighted by atomic mass is 19.1. The second kappa shape index (κ2) is 7.00. The van der Waals surface area contributed by atoms with Crippen LogP contribution >= 0.6 is 0 Å². The smallest absolute Gasteiger partial charge is 0.325 e. The van der Waals surface area contributed by atoms with E-state index in [-0.39, 0.29) is 30.0 Å². The van der Waals surface area contributed by atoms with Crippen LogP contribution in [0.2, 0.25) is 0 Å². The number of Topliss-reactive ketones (excluding diaryl/α,β-unsaturated/α-hetero) is 1. The number of hydrogen-bond acceptors (Lipinski definition) is 4. The van der Waals surface area contributed by atoms with Gasteiger partial charge in [-0.3, -0.25) is 19.3 Å². The molecule has 0 unspecified atom stereocenters. The minimum Gasteiger partial charge on any atom is -0.356 e. The van der Waals surface area contributed by atoms with E-state index in [1.54, 1.807) is 13.8 Å². The first-order valence-electron chi connectivity index (χ1n) is 7.82. The molecule has 1 aliphatic rings.